The molecule has 1 aliphatic heterocycles. The first kappa shape index (κ1) is 9.19. The molecule has 0 saturated heterocycles. The quantitative estimate of drug-likeness (QED) is 0.713. The number of rotatable bonds is 2. The van der Waals surface area contributed by atoms with Crippen molar-refractivity contribution in [3.05, 3.63) is 17.7 Å². The summed E-state index contributed by atoms with van der Waals surface area (Å²) in [5.41, 5.74) is 2.59. The van der Waals surface area contributed by atoms with Crippen LogP contribution < -0.4 is 14.4 Å². The highest BCUT2D eigenvalue weighted by molar-refractivity contribution is 5.64. The lowest BCUT2D eigenvalue weighted by atomic mass is 10.1. The van der Waals surface area contributed by atoms with Crippen molar-refractivity contribution in [3.63, 3.8) is 0 Å². The lowest BCUT2D eigenvalue weighted by Crippen LogP contribution is -2.12. The standard InChI is InChI=1S/C11H15NO2/c1-12-5-4-8-6-10(13-2)11(14-3)7-9(8)12/h6-7H,4-5H2,1-3H3. The molecule has 0 fully saturated rings. The molecule has 0 atom stereocenters. The van der Waals surface area contributed by atoms with Crippen molar-refractivity contribution in [2.75, 3.05) is 32.7 Å². The van der Waals surface area contributed by atoms with E-state index in [2.05, 4.69) is 18.0 Å². The Morgan fingerprint density at radius 2 is 1.79 bits per heavy atom. The first-order valence-corrected chi connectivity index (χ1v) is 4.72. The Hall–Kier alpha value is -1.38. The first-order chi connectivity index (χ1) is 6.76. The van der Waals surface area contributed by atoms with Gasteiger partial charge in [-0.2, -0.15) is 0 Å². The van der Waals surface area contributed by atoms with Gasteiger partial charge in [0.25, 0.3) is 0 Å². The summed E-state index contributed by atoms with van der Waals surface area (Å²) in [5, 5.41) is 0. The minimum Gasteiger partial charge on any atom is -0.493 e. The molecule has 0 unspecified atom stereocenters. The van der Waals surface area contributed by atoms with Crippen molar-refractivity contribution < 1.29 is 9.47 Å². The number of ether oxygens (including phenoxy) is 2. The van der Waals surface area contributed by atoms with Gasteiger partial charge in [-0.3, -0.25) is 0 Å². The van der Waals surface area contributed by atoms with Crippen LogP contribution in [0.25, 0.3) is 0 Å². The summed E-state index contributed by atoms with van der Waals surface area (Å²) >= 11 is 0. The molecule has 0 amide bonds. The van der Waals surface area contributed by atoms with Gasteiger partial charge in [-0.05, 0) is 18.1 Å². The number of benzene rings is 1. The highest BCUT2D eigenvalue weighted by atomic mass is 16.5. The zero-order valence-corrected chi connectivity index (χ0v) is 8.83. The maximum absolute atomic E-state index is 5.26. The number of hydrogen-bond acceptors (Lipinski definition) is 3. The van der Waals surface area contributed by atoms with Crippen LogP contribution in [0.3, 0.4) is 0 Å². The summed E-state index contributed by atoms with van der Waals surface area (Å²) in [6.45, 7) is 1.08. The van der Waals surface area contributed by atoms with Gasteiger partial charge in [0.1, 0.15) is 0 Å². The fourth-order valence-corrected chi connectivity index (χ4v) is 1.87. The minimum atomic E-state index is 0.806. The van der Waals surface area contributed by atoms with E-state index < -0.39 is 0 Å². The van der Waals surface area contributed by atoms with E-state index in [4.69, 9.17) is 9.47 Å². The highest BCUT2D eigenvalue weighted by Gasteiger charge is 2.19. The molecule has 0 N–H and O–H groups in total. The van der Waals surface area contributed by atoms with Gasteiger partial charge in [0.2, 0.25) is 0 Å². The molecular weight excluding hydrogens is 178 g/mol. The maximum Gasteiger partial charge on any atom is 0.162 e. The number of fused-ring (bicyclic) bond motifs is 1. The molecular formula is C11H15NO2. The molecule has 0 saturated carbocycles. The van der Waals surface area contributed by atoms with Gasteiger partial charge in [-0.25, -0.2) is 0 Å². The Morgan fingerprint density at radius 3 is 2.43 bits per heavy atom. The van der Waals surface area contributed by atoms with Gasteiger partial charge in [-0.15, -0.1) is 0 Å². The fraction of sp³-hybridized carbons (Fsp3) is 0.455. The summed E-state index contributed by atoms with van der Waals surface area (Å²) in [6.07, 6.45) is 1.09. The van der Waals surface area contributed by atoms with E-state index >= 15 is 0 Å². The van der Waals surface area contributed by atoms with Crippen molar-refractivity contribution in [2.24, 2.45) is 0 Å². The van der Waals surface area contributed by atoms with E-state index in [0.717, 1.165) is 24.5 Å². The van der Waals surface area contributed by atoms with Crippen LogP contribution in [-0.4, -0.2) is 27.8 Å². The highest BCUT2D eigenvalue weighted by Crippen LogP contribution is 2.37. The monoisotopic (exact) mass is 193 g/mol. The van der Waals surface area contributed by atoms with Gasteiger partial charge >= 0.3 is 0 Å². The average molecular weight is 193 g/mol. The van der Waals surface area contributed by atoms with Crippen LogP contribution in [-0.2, 0) is 6.42 Å². The van der Waals surface area contributed by atoms with Gasteiger partial charge in [0.15, 0.2) is 11.5 Å². The van der Waals surface area contributed by atoms with E-state index in [1.54, 1.807) is 14.2 Å². The summed E-state index contributed by atoms with van der Waals surface area (Å²) in [5.74, 6) is 1.63. The van der Waals surface area contributed by atoms with Crippen molar-refractivity contribution in [1.82, 2.24) is 0 Å². The van der Waals surface area contributed by atoms with Crippen molar-refractivity contribution in [3.8, 4) is 11.5 Å². The van der Waals surface area contributed by atoms with Gasteiger partial charge in [0, 0.05) is 25.3 Å². The molecule has 14 heavy (non-hydrogen) atoms. The molecule has 0 aliphatic carbocycles. The predicted molar refractivity (Wildman–Crippen MR) is 56.5 cm³/mol. The molecule has 76 valence electrons. The van der Waals surface area contributed by atoms with Gasteiger partial charge in [-0.1, -0.05) is 0 Å². The van der Waals surface area contributed by atoms with Crippen LogP contribution in [0.2, 0.25) is 0 Å². The van der Waals surface area contributed by atoms with E-state index in [-0.39, 0.29) is 0 Å². The van der Waals surface area contributed by atoms with Crippen molar-refractivity contribution in [1.29, 1.82) is 0 Å². The second kappa shape index (κ2) is 3.40. The normalized spacial score (nSPS) is 14.1. The zero-order chi connectivity index (χ0) is 10.1. The van der Waals surface area contributed by atoms with E-state index in [0.29, 0.717) is 0 Å². The number of anilines is 1. The zero-order valence-electron chi connectivity index (χ0n) is 8.83. The Kier molecular flexibility index (Phi) is 2.23. The molecule has 1 aromatic rings. The summed E-state index contributed by atoms with van der Waals surface area (Å²) < 4.78 is 10.5. The third kappa shape index (κ3) is 1.29. The Bertz CT molecular complexity index is 349. The Morgan fingerprint density at radius 1 is 1.14 bits per heavy atom. The molecule has 1 aliphatic rings. The third-order valence-electron chi connectivity index (χ3n) is 2.71. The predicted octanol–water partition coefficient (Wildman–Crippen LogP) is 1.70. The van der Waals surface area contributed by atoms with E-state index in [1.165, 1.54) is 11.3 Å². The molecule has 0 radical (unpaired) electrons. The van der Waals surface area contributed by atoms with Crippen molar-refractivity contribution in [2.45, 2.75) is 6.42 Å². The molecule has 3 nitrogen and oxygen atoms in total. The molecule has 1 aromatic carbocycles. The second-order valence-corrected chi connectivity index (χ2v) is 3.51. The SMILES string of the molecule is COc1cc2c(cc1OC)N(C)CC2. The lowest BCUT2D eigenvalue weighted by molar-refractivity contribution is 0.355. The van der Waals surface area contributed by atoms with Crippen LogP contribution in [0.4, 0.5) is 5.69 Å². The van der Waals surface area contributed by atoms with E-state index in [9.17, 15) is 0 Å². The van der Waals surface area contributed by atoms with Crippen LogP contribution >= 0.6 is 0 Å². The maximum atomic E-state index is 5.26. The summed E-state index contributed by atoms with van der Waals surface area (Å²) in [6, 6.07) is 4.11. The molecule has 2 rings (SSSR count). The van der Waals surface area contributed by atoms with Crippen LogP contribution in [0.5, 0.6) is 11.5 Å². The number of nitrogens with zero attached hydrogens (tertiary/aromatic N) is 1. The van der Waals surface area contributed by atoms with E-state index in [1.807, 2.05) is 6.07 Å². The fourth-order valence-electron chi connectivity index (χ4n) is 1.87. The average Bonchev–Trinajstić information content (AvgIpc) is 2.58. The Balaban J connectivity index is 2.49. The Labute approximate surface area is 84.2 Å². The van der Waals surface area contributed by atoms with Gasteiger partial charge in [0.05, 0.1) is 14.2 Å². The smallest absolute Gasteiger partial charge is 0.162 e. The molecule has 0 bridgehead atoms. The van der Waals surface area contributed by atoms with Gasteiger partial charge < -0.3 is 14.4 Å². The summed E-state index contributed by atoms with van der Waals surface area (Å²) in [7, 11) is 5.43. The molecule has 0 aromatic heterocycles. The van der Waals surface area contributed by atoms with Crippen molar-refractivity contribution >= 4 is 5.69 Å². The lowest BCUT2D eigenvalue weighted by Gasteiger charge is -2.14. The third-order valence-corrected chi connectivity index (χ3v) is 2.71. The number of likely N-dealkylation sites (N-methyl/N-ethyl adjacent to an activating group) is 1. The summed E-state index contributed by atoms with van der Waals surface area (Å²) in [4.78, 5) is 2.23. The largest absolute Gasteiger partial charge is 0.493 e. The minimum absolute atomic E-state index is 0.806. The van der Waals surface area contributed by atoms with Crippen LogP contribution in [0.15, 0.2) is 12.1 Å². The van der Waals surface area contributed by atoms with Crippen LogP contribution in [0, 0.1) is 0 Å². The topological polar surface area (TPSA) is 21.7 Å². The molecule has 3 heteroatoms. The number of methoxy groups -OCH3 is 2. The first-order valence-electron chi connectivity index (χ1n) is 4.72. The van der Waals surface area contributed by atoms with Crippen LogP contribution in [0.1, 0.15) is 5.56 Å². The molecule has 1 heterocycles. The second-order valence-electron chi connectivity index (χ2n) is 3.51. The molecule has 0 spiro atoms. The number of hydrogen-bond donors (Lipinski definition) is 0.